The number of methoxy groups -OCH3 is 1. The molecule has 0 aromatic heterocycles. The van der Waals surface area contributed by atoms with Gasteiger partial charge in [-0.1, -0.05) is 18.2 Å². The zero-order chi connectivity index (χ0) is 18.9. The molecular formula is C19H20IN3O3. The zero-order valence-electron chi connectivity index (χ0n) is 14.6. The summed E-state index contributed by atoms with van der Waals surface area (Å²) in [6.45, 7) is 2.12. The van der Waals surface area contributed by atoms with Gasteiger partial charge in [0.2, 0.25) is 5.91 Å². The molecule has 0 aliphatic rings. The summed E-state index contributed by atoms with van der Waals surface area (Å²) >= 11 is 2.14. The van der Waals surface area contributed by atoms with Gasteiger partial charge in [0.25, 0.3) is 5.91 Å². The molecule has 0 radical (unpaired) electrons. The van der Waals surface area contributed by atoms with E-state index in [-0.39, 0.29) is 18.2 Å². The van der Waals surface area contributed by atoms with Crippen molar-refractivity contribution in [3.8, 4) is 5.75 Å². The maximum atomic E-state index is 12.0. The molecular weight excluding hydrogens is 445 g/mol. The molecule has 0 bridgehead atoms. The number of rotatable bonds is 7. The normalized spacial score (nSPS) is 11.0. The van der Waals surface area contributed by atoms with Gasteiger partial charge in [-0.25, -0.2) is 5.43 Å². The Bertz CT molecular complexity index is 804. The number of ether oxygens (including phenoxy) is 1. The molecule has 2 N–H and O–H groups in total. The molecule has 6 nitrogen and oxygen atoms in total. The standard InChI is InChI=1S/C19H20IN3O3/c1-13(22-23-19(25)15-4-3-5-16(20)11-15)10-18(24)21-12-14-6-8-17(26-2)9-7-14/h3-9,11H,10,12H2,1-2H3,(H,21,24)(H,23,25)/b22-13-. The lowest BCUT2D eigenvalue weighted by atomic mass is 10.2. The van der Waals surface area contributed by atoms with Crippen molar-refractivity contribution in [3.05, 3.63) is 63.2 Å². The molecule has 2 aromatic rings. The molecule has 2 aromatic carbocycles. The van der Waals surface area contributed by atoms with Crippen molar-refractivity contribution in [2.24, 2.45) is 5.10 Å². The molecule has 0 spiro atoms. The van der Waals surface area contributed by atoms with Crippen LogP contribution in [0.15, 0.2) is 53.6 Å². The van der Waals surface area contributed by atoms with Crippen molar-refractivity contribution < 1.29 is 14.3 Å². The van der Waals surface area contributed by atoms with Gasteiger partial charge in [-0.3, -0.25) is 9.59 Å². The van der Waals surface area contributed by atoms with Crippen LogP contribution in [0.1, 0.15) is 29.3 Å². The first-order valence-corrected chi connectivity index (χ1v) is 9.04. The Labute approximate surface area is 166 Å². The molecule has 0 aliphatic heterocycles. The number of benzene rings is 2. The minimum atomic E-state index is -0.304. The van der Waals surface area contributed by atoms with E-state index in [1.54, 1.807) is 32.2 Å². The summed E-state index contributed by atoms with van der Waals surface area (Å²) in [6.07, 6.45) is 0.114. The first-order chi connectivity index (χ1) is 12.5. The lowest BCUT2D eigenvalue weighted by Crippen LogP contribution is -2.26. The molecule has 26 heavy (non-hydrogen) atoms. The molecule has 0 heterocycles. The number of nitrogens with zero attached hydrogens (tertiary/aromatic N) is 1. The molecule has 136 valence electrons. The Morgan fingerprint density at radius 1 is 1.15 bits per heavy atom. The molecule has 0 unspecified atom stereocenters. The van der Waals surface area contributed by atoms with Crippen molar-refractivity contribution in [1.82, 2.24) is 10.7 Å². The lowest BCUT2D eigenvalue weighted by Gasteiger charge is -2.07. The predicted octanol–water partition coefficient (Wildman–Crippen LogP) is 3.11. The van der Waals surface area contributed by atoms with E-state index in [4.69, 9.17) is 4.74 Å². The summed E-state index contributed by atoms with van der Waals surface area (Å²) in [5.41, 5.74) is 4.49. The second-order valence-corrected chi connectivity index (χ2v) is 6.85. The minimum Gasteiger partial charge on any atom is -0.497 e. The van der Waals surface area contributed by atoms with Gasteiger partial charge in [-0.2, -0.15) is 5.10 Å². The monoisotopic (exact) mass is 465 g/mol. The van der Waals surface area contributed by atoms with Crippen molar-refractivity contribution >= 4 is 40.1 Å². The molecule has 2 rings (SSSR count). The van der Waals surface area contributed by atoms with E-state index in [0.717, 1.165) is 14.9 Å². The van der Waals surface area contributed by atoms with Crippen LogP contribution in [0.5, 0.6) is 5.75 Å². The summed E-state index contributed by atoms with van der Waals surface area (Å²) in [7, 11) is 1.61. The largest absolute Gasteiger partial charge is 0.497 e. The lowest BCUT2D eigenvalue weighted by molar-refractivity contribution is -0.120. The van der Waals surface area contributed by atoms with E-state index < -0.39 is 0 Å². The molecule has 7 heteroatoms. The third-order valence-corrected chi connectivity index (χ3v) is 4.17. The number of amides is 2. The van der Waals surface area contributed by atoms with Crippen LogP contribution < -0.4 is 15.5 Å². The van der Waals surface area contributed by atoms with Crippen LogP contribution >= 0.6 is 22.6 Å². The van der Waals surface area contributed by atoms with Gasteiger partial charge in [0.1, 0.15) is 5.75 Å². The smallest absolute Gasteiger partial charge is 0.271 e. The maximum Gasteiger partial charge on any atom is 0.271 e. The Morgan fingerprint density at radius 3 is 2.54 bits per heavy atom. The van der Waals surface area contributed by atoms with Crippen LogP contribution in [0.3, 0.4) is 0 Å². The van der Waals surface area contributed by atoms with E-state index >= 15 is 0 Å². The Morgan fingerprint density at radius 2 is 1.88 bits per heavy atom. The van der Waals surface area contributed by atoms with Gasteiger partial charge in [-0.15, -0.1) is 0 Å². The summed E-state index contributed by atoms with van der Waals surface area (Å²) < 4.78 is 6.06. The number of hydrazone groups is 1. The summed E-state index contributed by atoms with van der Waals surface area (Å²) in [6, 6.07) is 14.6. The fraction of sp³-hybridized carbons (Fsp3) is 0.211. The summed E-state index contributed by atoms with van der Waals surface area (Å²) in [4.78, 5) is 24.0. The number of halogens is 1. The predicted molar refractivity (Wildman–Crippen MR) is 109 cm³/mol. The van der Waals surface area contributed by atoms with Gasteiger partial charge in [0.05, 0.1) is 13.5 Å². The highest BCUT2D eigenvalue weighted by molar-refractivity contribution is 14.1. The third-order valence-electron chi connectivity index (χ3n) is 3.50. The van der Waals surface area contributed by atoms with Crippen molar-refractivity contribution in [2.75, 3.05) is 7.11 Å². The van der Waals surface area contributed by atoms with Crippen LogP contribution in [-0.2, 0) is 11.3 Å². The molecule has 0 fully saturated rings. The zero-order valence-corrected chi connectivity index (χ0v) is 16.7. The second-order valence-electron chi connectivity index (χ2n) is 5.60. The van der Waals surface area contributed by atoms with Crippen molar-refractivity contribution in [3.63, 3.8) is 0 Å². The molecule has 0 saturated heterocycles. The van der Waals surface area contributed by atoms with Gasteiger partial charge in [-0.05, 0) is 65.4 Å². The van der Waals surface area contributed by atoms with Crippen LogP contribution in [0.4, 0.5) is 0 Å². The molecule has 0 atom stereocenters. The number of hydrogen-bond donors (Lipinski definition) is 2. The van der Waals surface area contributed by atoms with Gasteiger partial charge in [0.15, 0.2) is 0 Å². The highest BCUT2D eigenvalue weighted by atomic mass is 127. The maximum absolute atomic E-state index is 12.0. The van der Waals surface area contributed by atoms with Crippen LogP contribution in [0.25, 0.3) is 0 Å². The molecule has 2 amide bonds. The first kappa shape index (κ1) is 19.9. The van der Waals surface area contributed by atoms with E-state index in [1.165, 1.54) is 0 Å². The number of carbonyl (C=O) groups excluding carboxylic acids is 2. The molecule has 0 aliphatic carbocycles. The van der Waals surface area contributed by atoms with Crippen LogP contribution in [-0.4, -0.2) is 24.6 Å². The van der Waals surface area contributed by atoms with Crippen LogP contribution in [0.2, 0.25) is 0 Å². The second kappa shape index (κ2) is 9.91. The fourth-order valence-electron chi connectivity index (χ4n) is 2.12. The average molecular weight is 465 g/mol. The Hall–Kier alpha value is -2.42. The fourth-order valence-corrected chi connectivity index (χ4v) is 2.66. The number of nitrogens with one attached hydrogen (secondary N) is 2. The summed E-state index contributed by atoms with van der Waals surface area (Å²) in [5, 5.41) is 6.80. The van der Waals surface area contributed by atoms with Crippen molar-refractivity contribution in [1.29, 1.82) is 0 Å². The van der Waals surface area contributed by atoms with E-state index in [0.29, 0.717) is 17.8 Å². The first-order valence-electron chi connectivity index (χ1n) is 7.96. The molecule has 0 saturated carbocycles. The third kappa shape index (κ3) is 6.47. The Balaban J connectivity index is 1.80. The highest BCUT2D eigenvalue weighted by Crippen LogP contribution is 2.11. The van der Waals surface area contributed by atoms with Crippen molar-refractivity contribution in [2.45, 2.75) is 19.9 Å². The topological polar surface area (TPSA) is 79.8 Å². The quantitative estimate of drug-likeness (QED) is 0.375. The van der Waals surface area contributed by atoms with E-state index in [1.807, 2.05) is 30.3 Å². The van der Waals surface area contributed by atoms with Gasteiger partial charge >= 0.3 is 0 Å². The van der Waals surface area contributed by atoms with E-state index in [9.17, 15) is 9.59 Å². The number of hydrogen-bond acceptors (Lipinski definition) is 4. The SMILES string of the molecule is COc1ccc(CNC(=O)C/C(C)=N\NC(=O)c2cccc(I)c2)cc1. The van der Waals surface area contributed by atoms with E-state index in [2.05, 4.69) is 38.4 Å². The Kier molecular flexibility index (Phi) is 7.58. The average Bonchev–Trinajstić information content (AvgIpc) is 2.65. The van der Waals surface area contributed by atoms with Crippen LogP contribution in [0, 0.1) is 3.57 Å². The van der Waals surface area contributed by atoms with Gasteiger partial charge < -0.3 is 10.1 Å². The highest BCUT2D eigenvalue weighted by Gasteiger charge is 2.07. The number of carbonyl (C=O) groups is 2. The minimum absolute atomic E-state index is 0.114. The summed E-state index contributed by atoms with van der Waals surface area (Å²) in [5.74, 6) is 0.305. The van der Waals surface area contributed by atoms with Gasteiger partial charge in [0, 0.05) is 21.4 Å².